The second-order valence-electron chi connectivity index (χ2n) is 13.8. The zero-order valence-electron chi connectivity index (χ0n) is 32.0. The number of anilines is 1. The lowest BCUT2D eigenvalue weighted by Gasteiger charge is -2.30. The molecular formula is C30H44FN8O18P3S. The van der Waals surface area contributed by atoms with Gasteiger partial charge in [-0.15, -0.1) is 0 Å². The molecule has 0 saturated carbocycles. The fraction of sp³-hybridized carbons (Fsp3) is 0.533. The number of hydrogen-bond donors (Lipinski definition) is 11. The molecule has 340 valence electrons. The van der Waals surface area contributed by atoms with Crippen molar-refractivity contribution in [2.45, 2.75) is 63.4 Å². The molecule has 26 nitrogen and oxygen atoms in total. The lowest BCUT2D eigenvalue weighted by molar-refractivity contribution is -0.137. The summed E-state index contributed by atoms with van der Waals surface area (Å²) in [6.07, 6.45) is -7.13. The van der Waals surface area contributed by atoms with Crippen LogP contribution in [0.3, 0.4) is 0 Å². The van der Waals surface area contributed by atoms with Crippen molar-refractivity contribution in [2.75, 3.05) is 37.8 Å². The number of aromatic hydroxyl groups is 1. The minimum absolute atomic E-state index is 0.0161. The quantitative estimate of drug-likeness (QED) is 0.0428. The van der Waals surface area contributed by atoms with Gasteiger partial charge in [-0.05, 0) is 24.1 Å². The first-order valence-electron chi connectivity index (χ1n) is 17.6. The van der Waals surface area contributed by atoms with E-state index in [4.69, 9.17) is 25.3 Å². The predicted molar refractivity (Wildman–Crippen MR) is 207 cm³/mol. The summed E-state index contributed by atoms with van der Waals surface area (Å²) < 4.78 is 75.6. The van der Waals surface area contributed by atoms with Gasteiger partial charge in [-0.1, -0.05) is 31.7 Å². The van der Waals surface area contributed by atoms with Crippen molar-refractivity contribution >= 4 is 69.1 Å². The van der Waals surface area contributed by atoms with Crippen LogP contribution in [0.15, 0.2) is 30.9 Å². The number of thioether (sulfide) groups is 1. The Morgan fingerprint density at radius 1 is 1.07 bits per heavy atom. The number of phosphoric acid groups is 3. The molecule has 61 heavy (non-hydrogen) atoms. The first-order valence-corrected chi connectivity index (χ1v) is 23.1. The van der Waals surface area contributed by atoms with Crippen LogP contribution in [0.25, 0.3) is 11.2 Å². The van der Waals surface area contributed by atoms with Gasteiger partial charge in [0.25, 0.3) is 0 Å². The second kappa shape index (κ2) is 20.8. The summed E-state index contributed by atoms with van der Waals surface area (Å²) in [5.74, 6) is -2.86. The molecule has 1 aromatic carbocycles. The number of hydrogen-bond acceptors (Lipinski definition) is 20. The van der Waals surface area contributed by atoms with Gasteiger partial charge in [0.1, 0.15) is 36.3 Å². The van der Waals surface area contributed by atoms with Crippen LogP contribution in [0.5, 0.6) is 5.75 Å². The molecule has 1 saturated heterocycles. The first-order chi connectivity index (χ1) is 28.3. The van der Waals surface area contributed by atoms with Gasteiger partial charge in [0, 0.05) is 30.7 Å². The number of nitrogens with one attached hydrogen (secondary N) is 2. The number of imidazole rings is 1. The SMILES string of the molecule is CC(C)(COP(=O)(O)OP(=O)(O)OCC1OC(n2cnc3c(N)ncnc32)C(O)C1OP(=O)(O)O)C(O)C(=O)NCCC(=O)NCCSC(=O)[C@@H](N)Cc1ccc(O)c(F)c1. The number of aliphatic hydroxyl groups excluding tert-OH is 2. The molecular weight excluding hydrogens is 904 g/mol. The van der Waals surface area contributed by atoms with Crippen molar-refractivity contribution in [1.82, 2.24) is 30.2 Å². The minimum Gasteiger partial charge on any atom is -0.505 e. The number of nitrogens with two attached hydrogens (primary N) is 2. The van der Waals surface area contributed by atoms with E-state index in [9.17, 15) is 67.4 Å². The van der Waals surface area contributed by atoms with E-state index in [1.807, 2.05) is 0 Å². The summed E-state index contributed by atoms with van der Waals surface area (Å²) >= 11 is 0.837. The van der Waals surface area contributed by atoms with Gasteiger partial charge < -0.3 is 61.7 Å². The number of nitrogen functional groups attached to an aromatic ring is 1. The van der Waals surface area contributed by atoms with Crippen molar-refractivity contribution in [1.29, 1.82) is 0 Å². The fourth-order valence-electron chi connectivity index (χ4n) is 5.40. The highest BCUT2D eigenvalue weighted by molar-refractivity contribution is 8.13. The molecule has 3 heterocycles. The Kier molecular flexibility index (Phi) is 17.1. The Bertz CT molecular complexity index is 2200. The van der Waals surface area contributed by atoms with Crippen LogP contribution in [-0.4, -0.2) is 134 Å². The van der Waals surface area contributed by atoms with Gasteiger partial charge in [-0.25, -0.2) is 33.0 Å². The molecule has 7 unspecified atom stereocenters. The number of phosphoric ester groups is 3. The Balaban J connectivity index is 1.19. The summed E-state index contributed by atoms with van der Waals surface area (Å²) in [5.41, 5.74) is 10.5. The van der Waals surface area contributed by atoms with Crippen molar-refractivity contribution in [3.8, 4) is 5.75 Å². The van der Waals surface area contributed by atoms with E-state index in [0.29, 0.717) is 5.56 Å². The van der Waals surface area contributed by atoms with Crippen LogP contribution in [0.1, 0.15) is 32.1 Å². The molecule has 31 heteroatoms. The van der Waals surface area contributed by atoms with Gasteiger partial charge in [0.15, 0.2) is 29.3 Å². The van der Waals surface area contributed by atoms with Crippen LogP contribution >= 0.6 is 35.2 Å². The Hall–Kier alpha value is -3.53. The second-order valence-corrected chi connectivity index (χ2v) is 19.2. The number of aromatic nitrogens is 4. The topological polar surface area (TPSA) is 410 Å². The lowest BCUT2D eigenvalue weighted by atomic mass is 9.87. The molecule has 0 aliphatic carbocycles. The molecule has 0 spiro atoms. The third kappa shape index (κ3) is 14.5. The molecule has 2 aromatic heterocycles. The van der Waals surface area contributed by atoms with Gasteiger partial charge in [0.05, 0.1) is 25.6 Å². The van der Waals surface area contributed by atoms with Crippen LogP contribution in [0.2, 0.25) is 0 Å². The van der Waals surface area contributed by atoms with Crippen molar-refractivity contribution < 1.29 is 90.0 Å². The summed E-state index contributed by atoms with van der Waals surface area (Å²) in [6.45, 7) is 0.140. The highest BCUT2D eigenvalue weighted by Crippen LogP contribution is 2.61. The van der Waals surface area contributed by atoms with Gasteiger partial charge in [-0.3, -0.25) is 32.5 Å². The Morgan fingerprint density at radius 2 is 1.75 bits per heavy atom. The van der Waals surface area contributed by atoms with Crippen LogP contribution in [0.4, 0.5) is 10.2 Å². The van der Waals surface area contributed by atoms with Crippen molar-refractivity contribution in [2.24, 2.45) is 11.1 Å². The largest absolute Gasteiger partial charge is 0.505 e. The molecule has 1 aliphatic rings. The number of amides is 2. The van der Waals surface area contributed by atoms with E-state index in [2.05, 4.69) is 34.4 Å². The normalized spacial score (nSPS) is 21.3. The molecule has 0 radical (unpaired) electrons. The van der Waals surface area contributed by atoms with Crippen LogP contribution < -0.4 is 22.1 Å². The monoisotopic (exact) mass is 948 g/mol. The van der Waals surface area contributed by atoms with Gasteiger partial charge in [-0.2, -0.15) is 4.31 Å². The summed E-state index contributed by atoms with van der Waals surface area (Å²) in [5, 5.41) is 35.2. The number of carbonyl (C=O) groups excluding carboxylic acids is 3. The number of benzene rings is 1. The third-order valence-corrected chi connectivity index (χ3v) is 12.6. The number of rotatable bonds is 22. The van der Waals surface area contributed by atoms with E-state index >= 15 is 0 Å². The Labute approximate surface area is 349 Å². The number of carbonyl (C=O) groups is 3. The van der Waals surface area contributed by atoms with E-state index in [-0.39, 0.29) is 48.7 Å². The molecule has 3 aromatic rings. The number of fused-ring (bicyclic) bond motifs is 1. The number of halogens is 1. The summed E-state index contributed by atoms with van der Waals surface area (Å²) in [6, 6.07) is 2.66. The fourth-order valence-corrected chi connectivity index (χ4v) is 8.94. The molecule has 0 bridgehead atoms. The molecule has 1 fully saturated rings. The maximum Gasteiger partial charge on any atom is 0.481 e. The average molecular weight is 949 g/mol. The van der Waals surface area contributed by atoms with Crippen LogP contribution in [0, 0.1) is 11.2 Å². The minimum atomic E-state index is -5.60. The lowest BCUT2D eigenvalue weighted by Crippen LogP contribution is -2.46. The van der Waals surface area contributed by atoms with E-state index < -0.39 is 107 Å². The Morgan fingerprint density at radius 3 is 2.43 bits per heavy atom. The van der Waals surface area contributed by atoms with Crippen LogP contribution in [-0.2, 0) is 57.1 Å². The zero-order valence-corrected chi connectivity index (χ0v) is 35.5. The van der Waals surface area contributed by atoms with E-state index in [1.165, 1.54) is 19.9 Å². The average Bonchev–Trinajstić information content (AvgIpc) is 3.72. The maximum atomic E-state index is 13.5. The summed E-state index contributed by atoms with van der Waals surface area (Å²) in [7, 11) is -16.5. The van der Waals surface area contributed by atoms with E-state index in [0.717, 1.165) is 41.1 Å². The smallest absolute Gasteiger partial charge is 0.481 e. The zero-order chi connectivity index (χ0) is 45.5. The van der Waals surface area contributed by atoms with E-state index in [1.54, 1.807) is 0 Å². The number of ether oxygens (including phenoxy) is 1. The number of aliphatic hydroxyl groups is 2. The standard InChI is InChI=1S/C30H44FN8O18P3S/c1-30(2,24(43)27(44)35-6-5-20(41)34-7-8-61-29(45)17(32)10-15-3-4-18(40)16(31)9-15)12-54-60(51,52)57-59(49,50)53-11-19-23(56-58(46,47)48)22(42)28(55-19)39-14-38-21-25(33)36-13-37-26(21)39/h3-4,9,13-14,17,19,22-24,28,40,42-43H,5-8,10-12,32H2,1-2H3,(H,34,41)(H,35,44)(H,49,50)(H,51,52)(H2,33,36,37)(H2,46,47,48)/t17-,19?,22?,23?,24?,28?/m0/s1. The predicted octanol–water partition coefficient (Wildman–Crippen LogP) is -0.921. The highest BCUT2D eigenvalue weighted by Gasteiger charge is 2.50. The molecule has 4 rings (SSSR count). The number of nitrogens with zero attached hydrogens (tertiary/aromatic N) is 4. The van der Waals surface area contributed by atoms with Gasteiger partial charge in [0.2, 0.25) is 16.9 Å². The van der Waals surface area contributed by atoms with Crippen molar-refractivity contribution in [3.63, 3.8) is 0 Å². The maximum absolute atomic E-state index is 13.5. The highest BCUT2D eigenvalue weighted by atomic mass is 32.2. The van der Waals surface area contributed by atoms with Crippen molar-refractivity contribution in [3.05, 3.63) is 42.2 Å². The van der Waals surface area contributed by atoms with Gasteiger partial charge >= 0.3 is 23.5 Å². The number of phenolic OH excluding ortho intramolecular Hbond substituents is 1. The first kappa shape index (κ1) is 50.1. The number of phenols is 1. The molecule has 1 aliphatic heterocycles. The summed E-state index contributed by atoms with van der Waals surface area (Å²) in [4.78, 5) is 88.1. The third-order valence-electron chi connectivity index (χ3n) is 8.52. The molecule has 13 N–H and O–H groups in total. The molecule has 2 amide bonds. The molecule has 8 atom stereocenters.